The summed E-state index contributed by atoms with van der Waals surface area (Å²) in [5.74, 6) is 0.574. The van der Waals surface area contributed by atoms with Crippen molar-refractivity contribution in [3.05, 3.63) is 88.0 Å². The van der Waals surface area contributed by atoms with Gasteiger partial charge < -0.3 is 14.2 Å². The quantitative estimate of drug-likeness (QED) is 0.354. The van der Waals surface area contributed by atoms with Gasteiger partial charge in [-0.1, -0.05) is 41.1 Å². The Morgan fingerprint density at radius 1 is 1.30 bits per heavy atom. The van der Waals surface area contributed by atoms with E-state index in [-0.39, 0.29) is 18.3 Å². The van der Waals surface area contributed by atoms with Crippen LogP contribution in [0.15, 0.2) is 61.9 Å². The second-order valence-electron chi connectivity index (χ2n) is 8.52. The second-order valence-corrected chi connectivity index (χ2v) is 10.8. The lowest BCUT2D eigenvalue weighted by Gasteiger charge is -2.26. The maximum Gasteiger partial charge on any atom is 0.338 e. The number of rotatable bonds is 7. The maximum absolute atomic E-state index is 13.9. The molecule has 37 heavy (non-hydrogen) atoms. The van der Waals surface area contributed by atoms with Crippen LogP contribution in [-0.4, -0.2) is 30.4 Å². The minimum Gasteiger partial charge on any atom is -0.494 e. The Morgan fingerprint density at radius 3 is 2.68 bits per heavy atom. The number of thiazole rings is 1. The molecule has 2 heterocycles. The smallest absolute Gasteiger partial charge is 0.338 e. The summed E-state index contributed by atoms with van der Waals surface area (Å²) < 4.78 is 19.4. The lowest BCUT2D eigenvalue weighted by atomic mass is 9.95. The van der Waals surface area contributed by atoms with E-state index in [2.05, 4.69) is 20.9 Å². The van der Waals surface area contributed by atoms with E-state index in [9.17, 15) is 9.59 Å². The molecule has 2 aromatic carbocycles. The standard InChI is InChI=1S/C27H26BrClN2O5S/c1-6-35-26(33)22-15(4)30-27-31(23(22)17-9-7-8-10-20(17)36-14(2)3)25(32)21(37-27)13-16-11-18(28)24(34-5)19(29)12-16/h7-14,23H,6H2,1-5H3/b21-13+/t23-/m1/s1. The summed E-state index contributed by atoms with van der Waals surface area (Å²) in [5, 5.41) is 0.411. The van der Waals surface area contributed by atoms with E-state index in [1.807, 2.05) is 44.2 Å². The van der Waals surface area contributed by atoms with Gasteiger partial charge in [0.25, 0.3) is 5.56 Å². The van der Waals surface area contributed by atoms with Gasteiger partial charge in [0.2, 0.25) is 0 Å². The molecule has 0 amide bonds. The molecular formula is C27H26BrClN2O5S. The van der Waals surface area contributed by atoms with E-state index >= 15 is 0 Å². The molecule has 0 radical (unpaired) electrons. The Hall–Kier alpha value is -2.88. The first-order valence-electron chi connectivity index (χ1n) is 11.6. The van der Waals surface area contributed by atoms with Crippen molar-refractivity contribution in [1.29, 1.82) is 0 Å². The molecule has 1 atom stereocenters. The third-order valence-electron chi connectivity index (χ3n) is 5.62. The van der Waals surface area contributed by atoms with E-state index in [0.717, 1.165) is 0 Å². The number of hydrogen-bond acceptors (Lipinski definition) is 7. The Balaban J connectivity index is 1.97. The topological polar surface area (TPSA) is 79.1 Å². The monoisotopic (exact) mass is 604 g/mol. The van der Waals surface area contributed by atoms with E-state index in [1.165, 1.54) is 18.4 Å². The van der Waals surface area contributed by atoms with Gasteiger partial charge in [-0.2, -0.15) is 0 Å². The SMILES string of the molecule is CCOC(=O)C1=C(C)N=c2s/c(=C/c3cc(Cl)c(OC)c(Br)c3)c(=O)n2[C@@H]1c1ccccc1OC(C)C. The van der Waals surface area contributed by atoms with Gasteiger partial charge in [0, 0.05) is 5.56 Å². The minimum absolute atomic E-state index is 0.105. The Morgan fingerprint density at radius 2 is 2.03 bits per heavy atom. The average Bonchev–Trinajstić information content (AvgIpc) is 3.12. The van der Waals surface area contributed by atoms with Crippen molar-refractivity contribution in [1.82, 2.24) is 4.57 Å². The fourth-order valence-corrected chi connectivity index (χ4v) is 6.27. The van der Waals surface area contributed by atoms with Gasteiger partial charge in [0.05, 0.1) is 45.1 Å². The van der Waals surface area contributed by atoms with Crippen molar-refractivity contribution in [3.63, 3.8) is 0 Å². The van der Waals surface area contributed by atoms with E-state index in [1.54, 1.807) is 30.6 Å². The normalized spacial score (nSPS) is 15.5. The Labute approximate surface area is 231 Å². The number of esters is 1. The summed E-state index contributed by atoms with van der Waals surface area (Å²) in [4.78, 5) is 32.1. The summed E-state index contributed by atoms with van der Waals surface area (Å²) in [6, 6.07) is 10.2. The number of allylic oxidation sites excluding steroid dienone is 1. The molecule has 194 valence electrons. The molecule has 1 aliphatic rings. The lowest BCUT2D eigenvalue weighted by Crippen LogP contribution is -2.40. The van der Waals surface area contributed by atoms with Crippen LogP contribution < -0.4 is 24.4 Å². The molecule has 0 saturated carbocycles. The molecule has 10 heteroatoms. The molecule has 4 rings (SSSR count). The first-order valence-corrected chi connectivity index (χ1v) is 13.6. The van der Waals surface area contributed by atoms with Gasteiger partial charge in [0.15, 0.2) is 10.6 Å². The predicted molar refractivity (Wildman–Crippen MR) is 148 cm³/mol. The van der Waals surface area contributed by atoms with Crippen molar-refractivity contribution in [2.75, 3.05) is 13.7 Å². The number of carbonyl (C=O) groups excluding carboxylic acids is 1. The van der Waals surface area contributed by atoms with Gasteiger partial charge in [-0.3, -0.25) is 9.36 Å². The third kappa shape index (κ3) is 5.39. The van der Waals surface area contributed by atoms with Crippen molar-refractivity contribution in [2.24, 2.45) is 4.99 Å². The summed E-state index contributed by atoms with van der Waals surface area (Å²) >= 11 is 11.1. The van der Waals surface area contributed by atoms with E-state index < -0.39 is 12.0 Å². The number of hydrogen-bond donors (Lipinski definition) is 0. The number of aromatic nitrogens is 1. The molecule has 0 saturated heterocycles. The molecule has 0 aliphatic carbocycles. The number of benzene rings is 2. The molecular weight excluding hydrogens is 580 g/mol. The highest BCUT2D eigenvalue weighted by Gasteiger charge is 2.35. The fraction of sp³-hybridized carbons (Fsp3) is 0.296. The third-order valence-corrected chi connectivity index (χ3v) is 7.47. The van der Waals surface area contributed by atoms with Crippen LogP contribution in [0.2, 0.25) is 5.02 Å². The van der Waals surface area contributed by atoms with E-state index in [4.69, 9.17) is 25.8 Å². The molecule has 1 aliphatic heterocycles. The van der Waals surface area contributed by atoms with Crippen molar-refractivity contribution >= 4 is 50.9 Å². The van der Waals surface area contributed by atoms with Gasteiger partial charge in [0.1, 0.15) is 11.8 Å². The van der Waals surface area contributed by atoms with Crippen LogP contribution in [-0.2, 0) is 9.53 Å². The van der Waals surface area contributed by atoms with Crippen LogP contribution in [0.1, 0.15) is 44.9 Å². The molecule has 7 nitrogen and oxygen atoms in total. The van der Waals surface area contributed by atoms with Crippen LogP contribution in [0.5, 0.6) is 11.5 Å². The molecule has 0 unspecified atom stereocenters. The number of methoxy groups -OCH3 is 1. The zero-order chi connectivity index (χ0) is 26.9. The molecule has 1 aromatic heterocycles. The van der Waals surface area contributed by atoms with Gasteiger partial charge in [-0.15, -0.1) is 0 Å². The Bertz CT molecular complexity index is 1550. The van der Waals surface area contributed by atoms with E-state index in [0.29, 0.717) is 52.7 Å². The molecule has 0 spiro atoms. The zero-order valence-corrected chi connectivity index (χ0v) is 24.2. The average molecular weight is 606 g/mol. The number of carbonyl (C=O) groups is 1. The fourth-order valence-electron chi connectivity index (χ4n) is 4.16. The highest BCUT2D eigenvalue weighted by molar-refractivity contribution is 9.10. The van der Waals surface area contributed by atoms with Crippen LogP contribution in [0.25, 0.3) is 6.08 Å². The highest BCUT2D eigenvalue weighted by Crippen LogP contribution is 2.37. The van der Waals surface area contributed by atoms with Crippen LogP contribution in [0, 0.1) is 0 Å². The first kappa shape index (κ1) is 27.2. The zero-order valence-electron chi connectivity index (χ0n) is 21.0. The number of para-hydroxylation sites is 1. The van der Waals surface area contributed by atoms with Crippen LogP contribution in [0.3, 0.4) is 0 Å². The van der Waals surface area contributed by atoms with Crippen molar-refractivity contribution in [2.45, 2.75) is 39.8 Å². The van der Waals surface area contributed by atoms with Crippen molar-refractivity contribution in [3.8, 4) is 11.5 Å². The Kier molecular flexibility index (Phi) is 8.26. The summed E-state index contributed by atoms with van der Waals surface area (Å²) in [6.45, 7) is 7.54. The molecule has 3 aromatic rings. The number of halogens is 2. The van der Waals surface area contributed by atoms with Crippen LogP contribution in [0.4, 0.5) is 0 Å². The molecule has 0 bridgehead atoms. The summed E-state index contributed by atoms with van der Waals surface area (Å²) in [5.41, 5.74) is 1.90. The highest BCUT2D eigenvalue weighted by atomic mass is 79.9. The van der Waals surface area contributed by atoms with Crippen molar-refractivity contribution < 1.29 is 19.0 Å². The first-order chi connectivity index (χ1) is 17.7. The number of fused-ring (bicyclic) bond motifs is 1. The molecule has 0 fully saturated rings. The predicted octanol–water partition coefficient (Wildman–Crippen LogP) is 5.01. The van der Waals surface area contributed by atoms with Gasteiger partial charge in [-0.25, -0.2) is 9.79 Å². The lowest BCUT2D eigenvalue weighted by molar-refractivity contribution is -0.139. The van der Waals surface area contributed by atoms with Gasteiger partial charge >= 0.3 is 5.97 Å². The van der Waals surface area contributed by atoms with Crippen LogP contribution >= 0.6 is 38.9 Å². The summed E-state index contributed by atoms with van der Waals surface area (Å²) in [7, 11) is 1.54. The summed E-state index contributed by atoms with van der Waals surface area (Å²) in [6.07, 6.45) is 1.64. The molecule has 0 N–H and O–H groups in total. The number of nitrogens with zero attached hydrogens (tertiary/aromatic N) is 2. The minimum atomic E-state index is -0.765. The number of ether oxygens (including phenoxy) is 3. The maximum atomic E-state index is 13.9. The largest absolute Gasteiger partial charge is 0.494 e. The second kappa shape index (κ2) is 11.2. The van der Waals surface area contributed by atoms with Gasteiger partial charge in [-0.05, 0) is 73.5 Å².